The van der Waals surface area contributed by atoms with Crippen molar-refractivity contribution in [2.45, 2.75) is 124 Å². The minimum atomic E-state index is 0.363. The van der Waals surface area contributed by atoms with Gasteiger partial charge in [-0.2, -0.15) is 0 Å². The minimum Gasteiger partial charge on any atom is -0.501 e. The number of unbranched alkanes of at least 4 members (excludes halogenated alkanes) is 4. The number of fused-ring (bicyclic) bond motifs is 1. The lowest BCUT2D eigenvalue weighted by atomic mass is 9.88. The molecule has 1 aromatic heterocycles. The average Bonchev–Trinajstić information content (AvgIpc) is 3.39. The van der Waals surface area contributed by atoms with Crippen molar-refractivity contribution >= 4 is 17.0 Å². The summed E-state index contributed by atoms with van der Waals surface area (Å²) in [4.78, 5) is 5.36. The maximum Gasteiger partial charge on any atom is 0.0870 e. The molecule has 2 heterocycles. The molecule has 1 fully saturated rings. The summed E-state index contributed by atoms with van der Waals surface area (Å²) in [5.41, 5.74) is 5.65. The second-order valence-corrected chi connectivity index (χ2v) is 13.6. The van der Waals surface area contributed by atoms with Crippen LogP contribution in [0, 0.1) is 5.92 Å². The van der Waals surface area contributed by atoms with E-state index in [9.17, 15) is 0 Å². The Morgan fingerprint density at radius 1 is 1.04 bits per heavy atom. The van der Waals surface area contributed by atoms with Gasteiger partial charge in [-0.05, 0) is 74.3 Å². The Morgan fingerprint density at radius 3 is 2.58 bits per heavy atom. The standard InChI is InChI=1S/C41H67N3O/c1-8-13-14-15-16-20-34(6)40-38-23-22-36(11-4)32-39(38)44(41(40)35(7)19-9-2)29-28-42(25-18-31-45-30-10-3)26-27-43-24-17-21-37(12-5)33-43/h9,11,18-19,22-23,31-32,34-35,37H,4,8,10,12-17,20-21,24-30,33H2,1-3,5-7H3/b19-9-,31-18+. The quantitative estimate of drug-likeness (QED) is 0.0745. The third kappa shape index (κ3) is 11.5. The van der Waals surface area contributed by atoms with Crippen LogP contribution in [0.25, 0.3) is 17.0 Å². The molecule has 3 rings (SSSR count). The van der Waals surface area contributed by atoms with Crippen LogP contribution in [0.15, 0.2) is 49.3 Å². The molecule has 0 bridgehead atoms. The summed E-state index contributed by atoms with van der Waals surface area (Å²) < 4.78 is 8.40. The zero-order valence-electron chi connectivity index (χ0n) is 30.0. The van der Waals surface area contributed by atoms with E-state index in [2.05, 4.69) is 98.9 Å². The molecule has 1 aromatic carbocycles. The number of aromatic nitrogens is 1. The zero-order chi connectivity index (χ0) is 32.4. The molecule has 0 saturated carbocycles. The van der Waals surface area contributed by atoms with E-state index in [4.69, 9.17) is 4.74 Å². The van der Waals surface area contributed by atoms with Gasteiger partial charge in [-0.15, -0.1) is 0 Å². The fourth-order valence-corrected chi connectivity index (χ4v) is 7.32. The monoisotopic (exact) mass is 618 g/mol. The fraction of sp³-hybridized carbons (Fsp3) is 0.659. The topological polar surface area (TPSA) is 20.6 Å². The third-order valence-electron chi connectivity index (χ3n) is 9.98. The number of rotatable bonds is 22. The van der Waals surface area contributed by atoms with Crippen molar-refractivity contribution in [3.05, 3.63) is 66.1 Å². The second-order valence-electron chi connectivity index (χ2n) is 13.6. The summed E-state index contributed by atoms with van der Waals surface area (Å²) in [5.74, 6) is 1.76. The molecular weight excluding hydrogens is 550 g/mol. The van der Waals surface area contributed by atoms with Crippen LogP contribution < -0.4 is 0 Å². The molecule has 1 saturated heterocycles. The third-order valence-corrected chi connectivity index (χ3v) is 9.98. The lowest BCUT2D eigenvalue weighted by Crippen LogP contribution is -2.41. The van der Waals surface area contributed by atoms with Gasteiger partial charge in [0.25, 0.3) is 0 Å². The van der Waals surface area contributed by atoms with Crippen LogP contribution in [-0.2, 0) is 11.3 Å². The van der Waals surface area contributed by atoms with Gasteiger partial charge in [-0.25, -0.2) is 0 Å². The molecule has 45 heavy (non-hydrogen) atoms. The maximum atomic E-state index is 5.72. The molecule has 0 spiro atoms. The van der Waals surface area contributed by atoms with Gasteiger partial charge >= 0.3 is 0 Å². The molecule has 0 amide bonds. The number of ether oxygens (including phenoxy) is 1. The molecule has 2 aromatic rings. The van der Waals surface area contributed by atoms with Crippen LogP contribution in [-0.4, -0.2) is 60.2 Å². The van der Waals surface area contributed by atoms with Crippen molar-refractivity contribution in [2.24, 2.45) is 5.92 Å². The number of piperidine rings is 1. The van der Waals surface area contributed by atoms with Gasteiger partial charge in [0.2, 0.25) is 0 Å². The molecule has 3 unspecified atom stereocenters. The van der Waals surface area contributed by atoms with Crippen LogP contribution in [0.5, 0.6) is 0 Å². The smallest absolute Gasteiger partial charge is 0.0870 e. The van der Waals surface area contributed by atoms with E-state index in [1.807, 2.05) is 12.3 Å². The SMILES string of the molecule is C=Cc1ccc2c(C(C)CCCCCCC)c(C(C)/C=C\C)n(CCN(C/C=C/OCCC)CCN3CCCC(CC)C3)c2c1. The number of nitrogens with zero attached hydrogens (tertiary/aromatic N) is 3. The minimum absolute atomic E-state index is 0.363. The van der Waals surface area contributed by atoms with E-state index in [-0.39, 0.29) is 0 Å². The van der Waals surface area contributed by atoms with E-state index in [0.29, 0.717) is 11.8 Å². The largest absolute Gasteiger partial charge is 0.501 e. The first-order valence-corrected chi connectivity index (χ1v) is 18.6. The van der Waals surface area contributed by atoms with E-state index in [1.165, 1.54) is 93.0 Å². The van der Waals surface area contributed by atoms with Crippen LogP contribution in [0.4, 0.5) is 0 Å². The van der Waals surface area contributed by atoms with Gasteiger partial charge in [-0.1, -0.05) is 110 Å². The highest BCUT2D eigenvalue weighted by Crippen LogP contribution is 2.39. The molecule has 3 atom stereocenters. The van der Waals surface area contributed by atoms with Crippen molar-refractivity contribution in [3.8, 4) is 0 Å². The molecule has 0 aliphatic carbocycles. The van der Waals surface area contributed by atoms with Crippen molar-refractivity contribution in [1.29, 1.82) is 0 Å². The molecule has 4 nitrogen and oxygen atoms in total. The molecule has 4 heteroatoms. The van der Waals surface area contributed by atoms with Crippen LogP contribution in [0.2, 0.25) is 0 Å². The molecular formula is C41H67N3O. The first-order chi connectivity index (χ1) is 22.0. The van der Waals surface area contributed by atoms with E-state index in [1.54, 1.807) is 5.56 Å². The Morgan fingerprint density at radius 2 is 1.84 bits per heavy atom. The zero-order valence-corrected chi connectivity index (χ0v) is 30.0. The van der Waals surface area contributed by atoms with Gasteiger partial charge < -0.3 is 14.2 Å². The summed E-state index contributed by atoms with van der Waals surface area (Å²) in [6.45, 7) is 26.4. The molecule has 1 aliphatic heterocycles. The van der Waals surface area contributed by atoms with Crippen molar-refractivity contribution in [1.82, 2.24) is 14.4 Å². The van der Waals surface area contributed by atoms with E-state index < -0.39 is 0 Å². The summed E-state index contributed by atoms with van der Waals surface area (Å²) >= 11 is 0. The van der Waals surface area contributed by atoms with Gasteiger partial charge in [0.05, 0.1) is 12.9 Å². The first kappa shape index (κ1) is 37.2. The Kier molecular flexibility index (Phi) is 17.1. The van der Waals surface area contributed by atoms with Gasteiger partial charge in [-0.3, -0.25) is 4.90 Å². The molecule has 0 radical (unpaired) electrons. The predicted octanol–water partition coefficient (Wildman–Crippen LogP) is 10.8. The van der Waals surface area contributed by atoms with Gasteiger partial charge in [0.1, 0.15) is 0 Å². The summed E-state index contributed by atoms with van der Waals surface area (Å²) in [7, 11) is 0. The second kappa shape index (κ2) is 20.7. The van der Waals surface area contributed by atoms with Crippen molar-refractivity contribution in [3.63, 3.8) is 0 Å². The van der Waals surface area contributed by atoms with Gasteiger partial charge in [0.15, 0.2) is 0 Å². The highest BCUT2D eigenvalue weighted by molar-refractivity contribution is 5.88. The first-order valence-electron chi connectivity index (χ1n) is 18.6. The Labute approximate surface area is 277 Å². The van der Waals surface area contributed by atoms with E-state index in [0.717, 1.165) is 51.7 Å². The van der Waals surface area contributed by atoms with Crippen LogP contribution in [0.1, 0.15) is 134 Å². The Balaban J connectivity index is 1.91. The maximum absolute atomic E-state index is 5.72. The predicted molar refractivity (Wildman–Crippen MR) is 198 cm³/mol. The fourth-order valence-electron chi connectivity index (χ4n) is 7.32. The molecule has 1 aliphatic rings. The summed E-state index contributed by atoms with van der Waals surface area (Å²) in [6, 6.07) is 7.02. The number of benzene rings is 1. The number of likely N-dealkylation sites (tertiary alicyclic amines) is 1. The molecule has 0 N–H and O–H groups in total. The summed E-state index contributed by atoms with van der Waals surface area (Å²) in [6.07, 6.45) is 23.8. The lowest BCUT2D eigenvalue weighted by Gasteiger charge is -2.34. The average molecular weight is 618 g/mol. The Hall–Kier alpha value is -2.30. The normalized spacial score (nSPS) is 17.6. The Bertz CT molecular complexity index is 1180. The number of hydrogen-bond donors (Lipinski definition) is 0. The van der Waals surface area contributed by atoms with Crippen LogP contribution >= 0.6 is 0 Å². The number of hydrogen-bond acceptors (Lipinski definition) is 3. The summed E-state index contributed by atoms with van der Waals surface area (Å²) in [5, 5.41) is 1.44. The van der Waals surface area contributed by atoms with Gasteiger partial charge in [0, 0.05) is 61.8 Å². The van der Waals surface area contributed by atoms with Crippen molar-refractivity contribution in [2.75, 3.05) is 45.9 Å². The van der Waals surface area contributed by atoms with Crippen LogP contribution in [0.3, 0.4) is 0 Å². The highest BCUT2D eigenvalue weighted by atomic mass is 16.5. The molecule has 252 valence electrons. The van der Waals surface area contributed by atoms with Crippen molar-refractivity contribution < 1.29 is 4.74 Å². The highest BCUT2D eigenvalue weighted by Gasteiger charge is 2.25. The lowest BCUT2D eigenvalue weighted by molar-refractivity contribution is 0.148. The van der Waals surface area contributed by atoms with E-state index >= 15 is 0 Å². The number of allylic oxidation sites excluding steroid dienone is 2.